The van der Waals surface area contributed by atoms with Gasteiger partial charge in [-0.15, -0.1) is 0 Å². The summed E-state index contributed by atoms with van der Waals surface area (Å²) in [5.41, 5.74) is 4.62. The zero-order chi connectivity index (χ0) is 22.4. The topological polar surface area (TPSA) is 70.4 Å². The monoisotopic (exact) mass is 447 g/mol. The van der Waals surface area contributed by atoms with Crippen LogP contribution in [0.2, 0.25) is 10.0 Å². The zero-order valence-corrected chi connectivity index (χ0v) is 19.2. The molecule has 4 nitrogen and oxygen atoms in total. The van der Waals surface area contributed by atoms with Gasteiger partial charge in [0.25, 0.3) is 0 Å². The molecule has 3 aromatic rings. The standard InChI is InChI=1S/C15H15NO3.C7H6Cl2.C2H6/c1-8-14(17)12(15(18)19)11-7-6-9-4-2-3-5-10(9)13(11)16-8;1-5-2-3-6(8)7(9)4-5;1-2/h6-7,17H,2-5H2,1H3,(H,18,19);2-4H,1H3;1-2H3. The first-order chi connectivity index (χ1) is 14.3. The third-order valence-electron chi connectivity index (χ3n) is 4.92. The lowest BCUT2D eigenvalue weighted by Gasteiger charge is -2.18. The third-order valence-corrected chi connectivity index (χ3v) is 5.66. The number of benzene rings is 2. The molecule has 6 heteroatoms. The van der Waals surface area contributed by atoms with Crippen molar-refractivity contribution in [3.63, 3.8) is 0 Å². The van der Waals surface area contributed by atoms with Gasteiger partial charge in [-0.2, -0.15) is 0 Å². The Kier molecular flexibility index (Phi) is 8.51. The number of pyridine rings is 1. The van der Waals surface area contributed by atoms with Gasteiger partial charge >= 0.3 is 5.97 Å². The molecular formula is C24H27Cl2NO3. The average Bonchev–Trinajstić information content (AvgIpc) is 2.73. The summed E-state index contributed by atoms with van der Waals surface area (Å²) in [6, 6.07) is 9.30. The number of hydrogen-bond donors (Lipinski definition) is 2. The lowest BCUT2D eigenvalue weighted by Crippen LogP contribution is -2.08. The van der Waals surface area contributed by atoms with Gasteiger partial charge < -0.3 is 10.2 Å². The van der Waals surface area contributed by atoms with Gasteiger partial charge in [-0.05, 0) is 68.4 Å². The molecule has 1 aromatic heterocycles. The second-order valence-electron chi connectivity index (χ2n) is 6.95. The maximum Gasteiger partial charge on any atom is 0.340 e. The first-order valence-corrected chi connectivity index (χ1v) is 10.8. The normalized spacial score (nSPS) is 12.2. The van der Waals surface area contributed by atoms with Crippen LogP contribution in [0.4, 0.5) is 0 Å². The van der Waals surface area contributed by atoms with Gasteiger partial charge in [-0.3, -0.25) is 0 Å². The second-order valence-corrected chi connectivity index (χ2v) is 7.76. The fourth-order valence-electron chi connectivity index (χ4n) is 3.48. The quantitative estimate of drug-likeness (QED) is 0.415. The number of fused-ring (bicyclic) bond motifs is 3. The lowest BCUT2D eigenvalue weighted by atomic mass is 9.88. The molecule has 0 atom stereocenters. The van der Waals surface area contributed by atoms with E-state index in [2.05, 4.69) is 4.98 Å². The number of aromatic nitrogens is 1. The van der Waals surface area contributed by atoms with E-state index in [9.17, 15) is 15.0 Å². The van der Waals surface area contributed by atoms with E-state index in [0.29, 0.717) is 21.1 Å². The fraction of sp³-hybridized carbons (Fsp3) is 0.333. The summed E-state index contributed by atoms with van der Waals surface area (Å²) >= 11 is 11.3. The van der Waals surface area contributed by atoms with Crippen LogP contribution < -0.4 is 0 Å². The number of aromatic hydroxyl groups is 1. The van der Waals surface area contributed by atoms with Crippen LogP contribution >= 0.6 is 23.2 Å². The number of carboxylic acids is 1. The van der Waals surface area contributed by atoms with Crippen LogP contribution in [0.1, 0.15) is 59.4 Å². The molecule has 0 amide bonds. The van der Waals surface area contributed by atoms with Crippen molar-refractivity contribution < 1.29 is 15.0 Å². The second kappa shape index (κ2) is 10.6. The van der Waals surface area contributed by atoms with Gasteiger partial charge in [-0.25, -0.2) is 9.78 Å². The van der Waals surface area contributed by atoms with Gasteiger partial charge in [0.1, 0.15) is 5.56 Å². The van der Waals surface area contributed by atoms with Crippen molar-refractivity contribution >= 4 is 40.1 Å². The Morgan fingerprint density at radius 1 is 1.00 bits per heavy atom. The number of carbonyl (C=O) groups is 1. The van der Waals surface area contributed by atoms with Crippen LogP contribution in [-0.2, 0) is 12.8 Å². The van der Waals surface area contributed by atoms with Gasteiger partial charge in [0.15, 0.2) is 5.75 Å². The largest absolute Gasteiger partial charge is 0.505 e. The van der Waals surface area contributed by atoms with Crippen molar-refractivity contribution in [1.29, 1.82) is 0 Å². The van der Waals surface area contributed by atoms with E-state index in [1.807, 2.05) is 39.0 Å². The van der Waals surface area contributed by atoms with Crippen LogP contribution in [0.3, 0.4) is 0 Å². The SMILES string of the molecule is CC.Cc1ccc(Cl)c(Cl)c1.Cc1nc2c3c(ccc2c(C(=O)O)c1O)CCCC3. The molecule has 0 unspecified atom stereocenters. The minimum absolute atomic E-state index is 0.0316. The first kappa shape index (κ1) is 24.0. The van der Waals surface area contributed by atoms with Crippen molar-refractivity contribution in [1.82, 2.24) is 4.98 Å². The molecule has 0 spiro atoms. The number of carboxylic acid groups (broad SMARTS) is 1. The molecule has 1 aliphatic carbocycles. The minimum Gasteiger partial charge on any atom is -0.505 e. The number of rotatable bonds is 1. The van der Waals surface area contributed by atoms with Crippen LogP contribution in [-0.4, -0.2) is 21.2 Å². The van der Waals surface area contributed by atoms with Crippen LogP contribution in [0.5, 0.6) is 5.75 Å². The maximum atomic E-state index is 11.4. The van der Waals surface area contributed by atoms with E-state index >= 15 is 0 Å². The molecule has 0 radical (unpaired) electrons. The summed E-state index contributed by atoms with van der Waals surface area (Å²) in [5, 5.41) is 21.0. The summed E-state index contributed by atoms with van der Waals surface area (Å²) in [4.78, 5) is 15.8. The molecule has 0 saturated heterocycles. The molecule has 0 fully saturated rings. The molecule has 30 heavy (non-hydrogen) atoms. The fourth-order valence-corrected chi connectivity index (χ4v) is 3.84. The summed E-state index contributed by atoms with van der Waals surface area (Å²) in [6.07, 6.45) is 4.23. The highest BCUT2D eigenvalue weighted by Crippen LogP contribution is 2.34. The van der Waals surface area contributed by atoms with Crippen LogP contribution in [0.15, 0.2) is 30.3 Å². The molecule has 1 aliphatic rings. The predicted molar refractivity (Wildman–Crippen MR) is 124 cm³/mol. The molecule has 2 aromatic carbocycles. The molecule has 0 bridgehead atoms. The Labute approximate surface area is 187 Å². The van der Waals surface area contributed by atoms with E-state index in [0.717, 1.165) is 35.9 Å². The molecule has 0 saturated carbocycles. The van der Waals surface area contributed by atoms with Crippen LogP contribution in [0, 0.1) is 13.8 Å². The number of halogens is 2. The lowest BCUT2D eigenvalue weighted by molar-refractivity contribution is 0.0695. The number of hydrogen-bond acceptors (Lipinski definition) is 3. The molecule has 0 aliphatic heterocycles. The summed E-state index contributed by atoms with van der Waals surface area (Å²) < 4.78 is 0. The van der Waals surface area contributed by atoms with Gasteiger partial charge in [-0.1, -0.05) is 55.2 Å². The van der Waals surface area contributed by atoms with Gasteiger partial charge in [0.05, 0.1) is 21.3 Å². The van der Waals surface area contributed by atoms with E-state index in [-0.39, 0.29) is 11.3 Å². The highest BCUT2D eigenvalue weighted by Gasteiger charge is 2.21. The predicted octanol–water partition coefficient (Wildman–Crippen LogP) is 7.15. The number of aromatic carboxylic acids is 1. The van der Waals surface area contributed by atoms with Crippen molar-refractivity contribution in [3.8, 4) is 5.75 Å². The summed E-state index contributed by atoms with van der Waals surface area (Å²) in [7, 11) is 0. The van der Waals surface area contributed by atoms with E-state index in [1.54, 1.807) is 19.1 Å². The Hall–Kier alpha value is -2.30. The Morgan fingerprint density at radius 2 is 1.67 bits per heavy atom. The van der Waals surface area contributed by atoms with Crippen LogP contribution in [0.25, 0.3) is 10.9 Å². The Balaban J connectivity index is 0.000000245. The number of aryl methyl sites for hydroxylation is 4. The first-order valence-electron chi connectivity index (χ1n) is 10.1. The highest BCUT2D eigenvalue weighted by atomic mass is 35.5. The molecule has 4 rings (SSSR count). The third kappa shape index (κ3) is 5.24. The Morgan fingerprint density at radius 3 is 2.27 bits per heavy atom. The molecular weight excluding hydrogens is 421 g/mol. The molecule has 2 N–H and O–H groups in total. The average molecular weight is 448 g/mol. The van der Waals surface area contributed by atoms with E-state index in [4.69, 9.17) is 23.2 Å². The molecule has 160 valence electrons. The zero-order valence-electron chi connectivity index (χ0n) is 17.7. The van der Waals surface area contributed by atoms with E-state index in [1.165, 1.54) is 12.0 Å². The van der Waals surface area contributed by atoms with Gasteiger partial charge in [0, 0.05) is 5.39 Å². The Bertz CT molecular complexity index is 1060. The van der Waals surface area contributed by atoms with Crippen molar-refractivity contribution in [2.24, 2.45) is 0 Å². The maximum absolute atomic E-state index is 11.4. The van der Waals surface area contributed by atoms with Gasteiger partial charge in [0.2, 0.25) is 0 Å². The van der Waals surface area contributed by atoms with Crippen molar-refractivity contribution in [3.05, 3.63) is 68.3 Å². The number of nitrogens with zero attached hydrogens (tertiary/aromatic N) is 1. The summed E-state index contributed by atoms with van der Waals surface area (Å²) in [5.74, 6) is -1.33. The summed E-state index contributed by atoms with van der Waals surface area (Å²) in [6.45, 7) is 7.62. The highest BCUT2D eigenvalue weighted by molar-refractivity contribution is 6.42. The smallest absolute Gasteiger partial charge is 0.340 e. The molecule has 1 heterocycles. The van der Waals surface area contributed by atoms with E-state index < -0.39 is 5.97 Å². The minimum atomic E-state index is -1.11. The van der Waals surface area contributed by atoms with Crippen molar-refractivity contribution in [2.75, 3.05) is 0 Å². The van der Waals surface area contributed by atoms with Crippen molar-refractivity contribution in [2.45, 2.75) is 53.4 Å².